The minimum Gasteiger partial charge on any atom is -0.368 e. The minimum absolute atomic E-state index is 0.0687. The third-order valence-electron chi connectivity index (χ3n) is 2.89. The van der Waals surface area contributed by atoms with Crippen molar-refractivity contribution in [1.29, 1.82) is 0 Å². The second-order valence-corrected chi connectivity index (χ2v) is 4.60. The lowest BCUT2D eigenvalue weighted by atomic mass is 10.1. The molecule has 0 saturated carbocycles. The fraction of sp³-hybridized carbons (Fsp3) is 0.615. The summed E-state index contributed by atoms with van der Waals surface area (Å²) in [5.74, 6) is 0.710. The molecule has 0 aliphatic carbocycles. The lowest BCUT2D eigenvalue weighted by molar-refractivity contribution is -0.385. The van der Waals surface area contributed by atoms with E-state index < -0.39 is 4.92 Å². The van der Waals surface area contributed by atoms with Crippen LogP contribution in [0.15, 0.2) is 12.1 Å². The maximum Gasteiger partial charge on any atom is 0.290 e. The van der Waals surface area contributed by atoms with E-state index in [0.717, 1.165) is 6.42 Å². The van der Waals surface area contributed by atoms with Gasteiger partial charge in [-0.2, -0.15) is 0 Å². The first kappa shape index (κ1) is 14.4. The van der Waals surface area contributed by atoms with Crippen LogP contribution in [0.5, 0.6) is 0 Å². The van der Waals surface area contributed by atoms with Crippen molar-refractivity contribution >= 4 is 11.5 Å². The maximum absolute atomic E-state index is 10.7. The molecule has 0 spiro atoms. The quantitative estimate of drug-likeness (QED) is 0.456. The number of rotatable bonds is 7. The Labute approximate surface area is 108 Å². The highest BCUT2D eigenvalue weighted by Gasteiger charge is 2.12. The van der Waals surface area contributed by atoms with Crippen molar-refractivity contribution in [2.24, 2.45) is 0 Å². The maximum atomic E-state index is 10.7. The molecule has 0 aliphatic rings. The Morgan fingerprint density at radius 3 is 2.72 bits per heavy atom. The van der Waals surface area contributed by atoms with Crippen LogP contribution in [0.3, 0.4) is 0 Å². The van der Waals surface area contributed by atoms with Crippen LogP contribution in [0.1, 0.15) is 45.2 Å². The average Bonchev–Trinajstić information content (AvgIpc) is 2.28. The molecule has 5 nitrogen and oxygen atoms in total. The van der Waals surface area contributed by atoms with Crippen molar-refractivity contribution in [3.63, 3.8) is 0 Å². The zero-order valence-electron chi connectivity index (χ0n) is 11.3. The molecule has 1 aromatic heterocycles. The molecule has 0 aliphatic heterocycles. The van der Waals surface area contributed by atoms with Gasteiger partial charge in [0.1, 0.15) is 11.5 Å². The number of unbranched alkanes of at least 4 members (excludes halogenated alkanes) is 2. The van der Waals surface area contributed by atoms with Gasteiger partial charge in [-0.3, -0.25) is 10.1 Å². The molecule has 0 fully saturated rings. The van der Waals surface area contributed by atoms with Crippen molar-refractivity contribution in [1.82, 2.24) is 4.98 Å². The number of hydrogen-bond donors (Lipinski definition) is 1. The molecule has 5 heteroatoms. The number of nitrogens with zero attached hydrogens (tertiary/aromatic N) is 2. The van der Waals surface area contributed by atoms with Crippen LogP contribution in [0, 0.1) is 17.0 Å². The van der Waals surface area contributed by atoms with Crippen molar-refractivity contribution in [3.05, 3.63) is 27.9 Å². The topological polar surface area (TPSA) is 68.1 Å². The minimum atomic E-state index is -0.406. The largest absolute Gasteiger partial charge is 0.368 e. The smallest absolute Gasteiger partial charge is 0.290 e. The molecule has 1 rings (SSSR count). The van der Waals surface area contributed by atoms with E-state index in [2.05, 4.69) is 24.1 Å². The standard InChI is InChI=1S/C13H21N3O2/c1-4-5-6-7-10(2)14-13-9-8-12(16(17)18)11(3)15-13/h8-10H,4-7H2,1-3H3,(H,14,15). The molecule has 0 bridgehead atoms. The summed E-state index contributed by atoms with van der Waals surface area (Å²) in [7, 11) is 0. The van der Waals surface area contributed by atoms with Crippen molar-refractivity contribution in [2.45, 2.75) is 52.5 Å². The Bertz CT molecular complexity index is 407. The molecule has 0 saturated heterocycles. The second-order valence-electron chi connectivity index (χ2n) is 4.60. The summed E-state index contributed by atoms with van der Waals surface area (Å²) in [4.78, 5) is 14.5. The fourth-order valence-corrected chi connectivity index (χ4v) is 1.85. The summed E-state index contributed by atoms with van der Waals surface area (Å²) in [6.45, 7) is 5.94. The Kier molecular flexibility index (Phi) is 5.55. The monoisotopic (exact) mass is 251 g/mol. The van der Waals surface area contributed by atoms with Crippen LogP contribution in [0.4, 0.5) is 11.5 Å². The van der Waals surface area contributed by atoms with Gasteiger partial charge in [-0.25, -0.2) is 4.98 Å². The van der Waals surface area contributed by atoms with Crippen molar-refractivity contribution < 1.29 is 4.92 Å². The third-order valence-corrected chi connectivity index (χ3v) is 2.89. The van der Waals surface area contributed by atoms with E-state index in [1.54, 1.807) is 13.0 Å². The zero-order valence-corrected chi connectivity index (χ0v) is 11.3. The van der Waals surface area contributed by atoms with Gasteiger partial charge in [-0.1, -0.05) is 26.2 Å². The van der Waals surface area contributed by atoms with Crippen molar-refractivity contribution in [3.8, 4) is 0 Å². The predicted molar refractivity (Wildman–Crippen MR) is 72.9 cm³/mol. The summed E-state index contributed by atoms with van der Waals surface area (Å²) in [5, 5.41) is 13.9. The molecule has 1 unspecified atom stereocenters. The highest BCUT2D eigenvalue weighted by molar-refractivity contribution is 5.45. The van der Waals surface area contributed by atoms with Crippen LogP contribution in [0.25, 0.3) is 0 Å². The van der Waals surface area contributed by atoms with Gasteiger partial charge in [-0.05, 0) is 26.3 Å². The molecule has 0 aromatic carbocycles. The first-order valence-corrected chi connectivity index (χ1v) is 6.43. The van der Waals surface area contributed by atoms with Gasteiger partial charge in [-0.15, -0.1) is 0 Å². The fourth-order valence-electron chi connectivity index (χ4n) is 1.85. The number of hydrogen-bond acceptors (Lipinski definition) is 4. The molecule has 0 radical (unpaired) electrons. The summed E-state index contributed by atoms with van der Waals surface area (Å²) in [5.41, 5.74) is 0.518. The number of nitrogens with one attached hydrogen (secondary N) is 1. The number of aryl methyl sites for hydroxylation is 1. The normalized spacial score (nSPS) is 12.2. The summed E-state index contributed by atoms with van der Waals surface area (Å²) < 4.78 is 0. The van der Waals surface area contributed by atoms with Gasteiger partial charge in [0.15, 0.2) is 0 Å². The molecule has 1 aromatic rings. The van der Waals surface area contributed by atoms with Crippen LogP contribution >= 0.6 is 0 Å². The number of nitro groups is 1. The lowest BCUT2D eigenvalue weighted by Crippen LogP contribution is -2.16. The van der Waals surface area contributed by atoms with Gasteiger partial charge >= 0.3 is 0 Å². The highest BCUT2D eigenvalue weighted by atomic mass is 16.6. The lowest BCUT2D eigenvalue weighted by Gasteiger charge is -2.14. The molecule has 100 valence electrons. The predicted octanol–water partition coefficient (Wildman–Crippen LogP) is 3.68. The Morgan fingerprint density at radius 1 is 1.44 bits per heavy atom. The first-order chi connectivity index (χ1) is 8.54. The summed E-state index contributed by atoms with van der Waals surface area (Å²) in [6, 6.07) is 3.51. The van der Waals surface area contributed by atoms with E-state index in [9.17, 15) is 10.1 Å². The van der Waals surface area contributed by atoms with Crippen LogP contribution in [0.2, 0.25) is 0 Å². The SMILES string of the molecule is CCCCCC(C)Nc1ccc([N+](=O)[O-])c(C)n1. The van der Waals surface area contributed by atoms with Gasteiger partial charge in [0.05, 0.1) is 4.92 Å². The van der Waals surface area contributed by atoms with Crippen LogP contribution < -0.4 is 5.32 Å². The van der Waals surface area contributed by atoms with Crippen LogP contribution in [-0.2, 0) is 0 Å². The van der Waals surface area contributed by atoms with Crippen LogP contribution in [-0.4, -0.2) is 15.9 Å². The highest BCUT2D eigenvalue weighted by Crippen LogP contribution is 2.18. The Balaban J connectivity index is 2.57. The van der Waals surface area contributed by atoms with Gasteiger partial charge in [0, 0.05) is 12.1 Å². The van der Waals surface area contributed by atoms with E-state index in [4.69, 9.17) is 0 Å². The molecular weight excluding hydrogens is 230 g/mol. The average molecular weight is 251 g/mol. The van der Waals surface area contributed by atoms with E-state index in [1.807, 2.05) is 0 Å². The number of pyridine rings is 1. The van der Waals surface area contributed by atoms with E-state index in [0.29, 0.717) is 17.6 Å². The third kappa shape index (κ3) is 4.31. The Morgan fingerprint density at radius 2 is 2.17 bits per heavy atom. The van der Waals surface area contributed by atoms with Gasteiger partial charge in [0.2, 0.25) is 0 Å². The van der Waals surface area contributed by atoms with Gasteiger partial charge in [0.25, 0.3) is 5.69 Å². The van der Waals surface area contributed by atoms with Crippen molar-refractivity contribution in [2.75, 3.05) is 5.32 Å². The molecule has 18 heavy (non-hydrogen) atoms. The number of anilines is 1. The second kappa shape index (κ2) is 6.93. The summed E-state index contributed by atoms with van der Waals surface area (Å²) in [6.07, 6.45) is 4.72. The van der Waals surface area contributed by atoms with E-state index >= 15 is 0 Å². The molecule has 1 atom stereocenters. The number of aromatic nitrogens is 1. The molecule has 0 amide bonds. The molecular formula is C13H21N3O2. The van der Waals surface area contributed by atoms with E-state index in [-0.39, 0.29) is 5.69 Å². The van der Waals surface area contributed by atoms with E-state index in [1.165, 1.54) is 25.3 Å². The first-order valence-electron chi connectivity index (χ1n) is 6.43. The van der Waals surface area contributed by atoms with Gasteiger partial charge < -0.3 is 5.32 Å². The molecule has 1 N–H and O–H groups in total. The summed E-state index contributed by atoms with van der Waals surface area (Å²) >= 11 is 0. The molecule has 1 heterocycles. The zero-order chi connectivity index (χ0) is 13.5. The Hall–Kier alpha value is -1.65.